The number of guanidine groups is 1. The second-order valence-electron chi connectivity index (χ2n) is 7.95. The number of nitrogens with one attached hydrogen (secondary N) is 1. The van der Waals surface area contributed by atoms with Gasteiger partial charge in [0.15, 0.2) is 5.96 Å². The normalized spacial score (nSPS) is 22.5. The molecule has 6 nitrogen and oxygen atoms in total. The lowest BCUT2D eigenvalue weighted by atomic mass is 10.1. The first-order valence-electron chi connectivity index (χ1n) is 10.6. The standard InChI is InChI=1S/C22H35N3O3.HI/c1-17(2)10-13-27-19-8-5-4-7-18(19)15-24-22(23-3)25-11-14-28-21(16-25)20-9-6-12-26-20;/h4-5,7-8,17,20-21H,6,9-16H2,1-3H3,(H,23,24);1H. The van der Waals surface area contributed by atoms with Crippen LogP contribution in [-0.2, 0) is 16.0 Å². The molecule has 7 heteroatoms. The summed E-state index contributed by atoms with van der Waals surface area (Å²) in [7, 11) is 1.84. The molecule has 2 atom stereocenters. The molecule has 2 aliphatic rings. The van der Waals surface area contributed by atoms with E-state index in [2.05, 4.69) is 41.2 Å². The van der Waals surface area contributed by atoms with Gasteiger partial charge in [0.2, 0.25) is 0 Å². The van der Waals surface area contributed by atoms with Crippen LogP contribution in [0.4, 0.5) is 0 Å². The lowest BCUT2D eigenvalue weighted by molar-refractivity contribution is -0.0817. The summed E-state index contributed by atoms with van der Waals surface area (Å²) in [6.07, 6.45) is 3.62. The average molecular weight is 517 g/mol. The van der Waals surface area contributed by atoms with Crippen molar-refractivity contribution in [1.29, 1.82) is 0 Å². The second kappa shape index (κ2) is 12.6. The largest absolute Gasteiger partial charge is 0.493 e. The van der Waals surface area contributed by atoms with Crippen LogP contribution in [0.25, 0.3) is 0 Å². The minimum Gasteiger partial charge on any atom is -0.493 e. The maximum Gasteiger partial charge on any atom is 0.194 e. The van der Waals surface area contributed by atoms with Gasteiger partial charge in [-0.3, -0.25) is 4.99 Å². The molecular weight excluding hydrogens is 481 g/mol. The fourth-order valence-electron chi connectivity index (χ4n) is 3.69. The van der Waals surface area contributed by atoms with Gasteiger partial charge in [0, 0.05) is 38.9 Å². The van der Waals surface area contributed by atoms with E-state index >= 15 is 0 Å². The van der Waals surface area contributed by atoms with Crippen LogP contribution in [0, 0.1) is 5.92 Å². The van der Waals surface area contributed by atoms with E-state index in [0.717, 1.165) is 62.8 Å². The molecule has 0 radical (unpaired) electrons. The van der Waals surface area contributed by atoms with Crippen LogP contribution in [0.1, 0.15) is 38.7 Å². The van der Waals surface area contributed by atoms with Crippen LogP contribution in [-0.4, -0.2) is 63.0 Å². The molecule has 1 N–H and O–H groups in total. The third-order valence-corrected chi connectivity index (χ3v) is 5.35. The Morgan fingerprint density at radius 2 is 2.03 bits per heavy atom. The fourth-order valence-corrected chi connectivity index (χ4v) is 3.69. The lowest BCUT2D eigenvalue weighted by Crippen LogP contribution is -2.53. The SMILES string of the molecule is CN=C(NCc1ccccc1OCCC(C)C)N1CCOC(C2CCCO2)C1.I. The van der Waals surface area contributed by atoms with Crippen molar-refractivity contribution in [2.45, 2.75) is 51.9 Å². The number of hydrogen-bond acceptors (Lipinski definition) is 4. The van der Waals surface area contributed by atoms with E-state index in [-0.39, 0.29) is 36.2 Å². The molecule has 0 spiro atoms. The molecule has 29 heavy (non-hydrogen) atoms. The molecule has 2 unspecified atom stereocenters. The zero-order chi connectivity index (χ0) is 19.8. The van der Waals surface area contributed by atoms with Crippen molar-refractivity contribution in [3.63, 3.8) is 0 Å². The molecule has 3 rings (SSSR count). The van der Waals surface area contributed by atoms with Crippen LogP contribution in [0.15, 0.2) is 29.3 Å². The van der Waals surface area contributed by atoms with E-state index in [4.69, 9.17) is 14.2 Å². The predicted octanol–water partition coefficient (Wildman–Crippen LogP) is 3.68. The lowest BCUT2D eigenvalue weighted by Gasteiger charge is -2.37. The molecule has 1 aromatic rings. The minimum absolute atomic E-state index is 0. The number of para-hydroxylation sites is 1. The Morgan fingerprint density at radius 3 is 2.76 bits per heavy atom. The van der Waals surface area contributed by atoms with Crippen molar-refractivity contribution in [2.75, 3.05) is 40.0 Å². The average Bonchev–Trinajstić information content (AvgIpc) is 3.24. The molecule has 2 heterocycles. The number of halogens is 1. The molecule has 1 aromatic carbocycles. The highest BCUT2D eigenvalue weighted by Crippen LogP contribution is 2.22. The zero-order valence-electron chi connectivity index (χ0n) is 17.9. The van der Waals surface area contributed by atoms with Crippen LogP contribution < -0.4 is 10.1 Å². The molecule has 0 saturated carbocycles. The van der Waals surface area contributed by atoms with Gasteiger partial charge in [0.1, 0.15) is 11.9 Å². The van der Waals surface area contributed by atoms with Crippen molar-refractivity contribution < 1.29 is 14.2 Å². The Hall–Kier alpha value is -1.06. The van der Waals surface area contributed by atoms with Crippen LogP contribution in [0.5, 0.6) is 5.75 Å². The Labute approximate surface area is 192 Å². The van der Waals surface area contributed by atoms with E-state index in [0.29, 0.717) is 19.1 Å². The van der Waals surface area contributed by atoms with Crippen LogP contribution in [0.3, 0.4) is 0 Å². The summed E-state index contributed by atoms with van der Waals surface area (Å²) in [6, 6.07) is 8.23. The highest BCUT2D eigenvalue weighted by atomic mass is 127. The summed E-state index contributed by atoms with van der Waals surface area (Å²) < 4.78 is 17.8. The number of morpholine rings is 1. The monoisotopic (exact) mass is 517 g/mol. The van der Waals surface area contributed by atoms with Crippen molar-refractivity contribution in [2.24, 2.45) is 10.9 Å². The van der Waals surface area contributed by atoms with Gasteiger partial charge in [-0.15, -0.1) is 24.0 Å². The molecular formula is C22H36IN3O3. The summed E-state index contributed by atoms with van der Waals surface area (Å²) in [5.74, 6) is 2.50. The first kappa shape index (κ1) is 24.2. The smallest absolute Gasteiger partial charge is 0.194 e. The summed E-state index contributed by atoms with van der Waals surface area (Å²) in [4.78, 5) is 6.77. The summed E-state index contributed by atoms with van der Waals surface area (Å²) in [6.45, 7) is 9.08. The van der Waals surface area contributed by atoms with Gasteiger partial charge < -0.3 is 24.4 Å². The fraction of sp³-hybridized carbons (Fsp3) is 0.682. The number of ether oxygens (including phenoxy) is 3. The number of nitrogens with zero attached hydrogens (tertiary/aromatic N) is 2. The third kappa shape index (κ3) is 7.29. The first-order chi connectivity index (χ1) is 13.7. The minimum atomic E-state index is 0. The van der Waals surface area contributed by atoms with Gasteiger partial charge in [-0.25, -0.2) is 0 Å². The summed E-state index contributed by atoms with van der Waals surface area (Å²) in [5, 5.41) is 3.51. The van der Waals surface area contributed by atoms with Crippen molar-refractivity contribution in [3.05, 3.63) is 29.8 Å². The number of aliphatic imine (C=N–C) groups is 1. The highest BCUT2D eigenvalue weighted by Gasteiger charge is 2.32. The number of rotatable bonds is 7. The molecule has 164 valence electrons. The quantitative estimate of drug-likeness (QED) is 0.340. The van der Waals surface area contributed by atoms with E-state index in [1.165, 1.54) is 0 Å². The van der Waals surface area contributed by atoms with E-state index in [1.54, 1.807) is 0 Å². The Balaban J connectivity index is 0.00000300. The maximum atomic E-state index is 6.01. The Bertz CT molecular complexity index is 635. The van der Waals surface area contributed by atoms with Crippen LogP contribution >= 0.6 is 24.0 Å². The Morgan fingerprint density at radius 1 is 1.24 bits per heavy atom. The van der Waals surface area contributed by atoms with Gasteiger partial charge in [-0.1, -0.05) is 32.0 Å². The number of benzene rings is 1. The third-order valence-electron chi connectivity index (χ3n) is 5.35. The van der Waals surface area contributed by atoms with E-state index < -0.39 is 0 Å². The highest BCUT2D eigenvalue weighted by molar-refractivity contribution is 14.0. The van der Waals surface area contributed by atoms with Crippen molar-refractivity contribution in [1.82, 2.24) is 10.2 Å². The topological polar surface area (TPSA) is 55.3 Å². The van der Waals surface area contributed by atoms with Gasteiger partial charge in [0.05, 0.1) is 19.3 Å². The predicted molar refractivity (Wildman–Crippen MR) is 127 cm³/mol. The number of hydrogen-bond donors (Lipinski definition) is 1. The summed E-state index contributed by atoms with van der Waals surface area (Å²) >= 11 is 0. The molecule has 2 saturated heterocycles. The van der Waals surface area contributed by atoms with Crippen molar-refractivity contribution in [3.8, 4) is 5.75 Å². The summed E-state index contributed by atoms with van der Waals surface area (Å²) in [5.41, 5.74) is 1.15. The second-order valence-corrected chi connectivity index (χ2v) is 7.95. The molecule has 0 amide bonds. The van der Waals surface area contributed by atoms with E-state index in [9.17, 15) is 0 Å². The molecule has 2 fully saturated rings. The van der Waals surface area contributed by atoms with Gasteiger partial charge in [0.25, 0.3) is 0 Å². The molecule has 2 aliphatic heterocycles. The van der Waals surface area contributed by atoms with Gasteiger partial charge in [-0.05, 0) is 31.2 Å². The first-order valence-corrected chi connectivity index (χ1v) is 10.6. The molecule has 0 bridgehead atoms. The zero-order valence-corrected chi connectivity index (χ0v) is 20.3. The van der Waals surface area contributed by atoms with Gasteiger partial charge in [-0.2, -0.15) is 0 Å². The van der Waals surface area contributed by atoms with Crippen molar-refractivity contribution >= 4 is 29.9 Å². The van der Waals surface area contributed by atoms with Gasteiger partial charge >= 0.3 is 0 Å². The van der Waals surface area contributed by atoms with E-state index in [1.807, 2.05) is 19.2 Å². The molecule has 0 aliphatic carbocycles. The van der Waals surface area contributed by atoms with Crippen LogP contribution in [0.2, 0.25) is 0 Å². The Kier molecular flexibility index (Phi) is 10.5. The molecule has 0 aromatic heterocycles. The maximum absolute atomic E-state index is 6.01.